The van der Waals surface area contributed by atoms with Crippen molar-refractivity contribution in [2.45, 2.75) is 32.2 Å². The Hall–Kier alpha value is -1.58. The zero-order valence-electron chi connectivity index (χ0n) is 11.3. The fourth-order valence-electron chi connectivity index (χ4n) is 3.18. The summed E-state index contributed by atoms with van der Waals surface area (Å²) in [5.74, 6) is 0.247. The molecule has 1 N–H and O–H groups in total. The van der Waals surface area contributed by atoms with E-state index in [-0.39, 0.29) is 23.6 Å². The predicted molar refractivity (Wildman–Crippen MR) is 72.6 cm³/mol. The second-order valence-electron chi connectivity index (χ2n) is 5.82. The van der Waals surface area contributed by atoms with Gasteiger partial charge in [-0.3, -0.25) is 4.79 Å². The van der Waals surface area contributed by atoms with Crippen LogP contribution in [0.4, 0.5) is 10.1 Å². The van der Waals surface area contributed by atoms with Gasteiger partial charge >= 0.3 is 0 Å². The molecular formula is C15H19FN2O. The molecule has 3 rings (SSSR count). The van der Waals surface area contributed by atoms with Crippen molar-refractivity contribution < 1.29 is 9.18 Å². The number of nitrogens with one attached hydrogen (secondary N) is 1. The van der Waals surface area contributed by atoms with Gasteiger partial charge in [-0.25, -0.2) is 4.39 Å². The molecule has 2 aliphatic rings. The van der Waals surface area contributed by atoms with Crippen molar-refractivity contribution in [2.75, 3.05) is 18.4 Å². The van der Waals surface area contributed by atoms with Gasteiger partial charge in [0.05, 0.1) is 0 Å². The highest BCUT2D eigenvalue weighted by molar-refractivity contribution is 5.78. The van der Waals surface area contributed by atoms with Crippen molar-refractivity contribution in [1.29, 1.82) is 0 Å². The van der Waals surface area contributed by atoms with Crippen LogP contribution in [0.25, 0.3) is 0 Å². The molecule has 0 saturated carbocycles. The molecular weight excluding hydrogens is 243 g/mol. The molecule has 1 fully saturated rings. The summed E-state index contributed by atoms with van der Waals surface area (Å²) in [6.07, 6.45) is 0.930. The molecule has 1 saturated heterocycles. The molecule has 3 nitrogen and oxygen atoms in total. The first-order valence-electron chi connectivity index (χ1n) is 6.91. The van der Waals surface area contributed by atoms with Gasteiger partial charge in [0.15, 0.2) is 0 Å². The Balaban J connectivity index is 1.84. The number of anilines is 1. The maximum absolute atomic E-state index is 13.4. The molecule has 102 valence electrons. The minimum atomic E-state index is -0.200. The second kappa shape index (κ2) is 4.51. The number of hydrogen-bond donors (Lipinski definition) is 1. The Kier molecular flexibility index (Phi) is 2.96. The van der Waals surface area contributed by atoms with Gasteiger partial charge in [-0.1, -0.05) is 13.8 Å². The van der Waals surface area contributed by atoms with E-state index in [1.54, 1.807) is 12.1 Å². The molecule has 0 spiro atoms. The molecule has 1 amide bonds. The van der Waals surface area contributed by atoms with E-state index < -0.39 is 0 Å². The zero-order valence-corrected chi connectivity index (χ0v) is 11.3. The van der Waals surface area contributed by atoms with Gasteiger partial charge in [-0.2, -0.15) is 0 Å². The maximum atomic E-state index is 13.4. The van der Waals surface area contributed by atoms with Gasteiger partial charge in [0.2, 0.25) is 5.91 Å². The number of piperidine rings is 1. The second-order valence-corrected chi connectivity index (χ2v) is 5.82. The third-order valence-corrected chi connectivity index (χ3v) is 4.17. The summed E-state index contributed by atoms with van der Waals surface area (Å²) in [4.78, 5) is 14.0. The lowest BCUT2D eigenvalue weighted by Gasteiger charge is -2.36. The molecule has 4 heteroatoms. The summed E-state index contributed by atoms with van der Waals surface area (Å²) >= 11 is 0. The first-order valence-corrected chi connectivity index (χ1v) is 6.91. The molecule has 2 aliphatic heterocycles. The summed E-state index contributed by atoms with van der Waals surface area (Å²) in [6.45, 7) is 5.34. The molecule has 1 aromatic carbocycles. The average molecular weight is 262 g/mol. The van der Waals surface area contributed by atoms with E-state index in [2.05, 4.69) is 5.32 Å². The highest BCUT2D eigenvalue weighted by atomic mass is 19.1. The average Bonchev–Trinajstić information content (AvgIpc) is 2.75. The Bertz CT molecular complexity index is 515. The van der Waals surface area contributed by atoms with Gasteiger partial charge in [0.1, 0.15) is 5.82 Å². The highest BCUT2D eigenvalue weighted by Crippen LogP contribution is 2.40. The molecule has 0 bridgehead atoms. The van der Waals surface area contributed by atoms with Gasteiger partial charge < -0.3 is 10.2 Å². The van der Waals surface area contributed by atoms with Gasteiger partial charge in [-0.05, 0) is 30.2 Å². The van der Waals surface area contributed by atoms with Gasteiger partial charge in [0.25, 0.3) is 0 Å². The maximum Gasteiger partial charge on any atom is 0.225 e. The number of fused-ring (bicyclic) bond motifs is 3. The van der Waals surface area contributed by atoms with Crippen LogP contribution >= 0.6 is 0 Å². The standard InChI is InChI=1S/C15H19FN2O/c1-9(2)15(19)18-6-5-14-12(8-18)11-7-10(16)3-4-13(11)17-14/h3-4,7,9,12,14,17H,5-6,8H2,1-2H3/t12-,14+/m0/s1. The van der Waals surface area contributed by atoms with Crippen LogP contribution in [0.2, 0.25) is 0 Å². The molecule has 0 aromatic heterocycles. The monoisotopic (exact) mass is 262 g/mol. The van der Waals surface area contributed by atoms with E-state index in [0.29, 0.717) is 12.6 Å². The van der Waals surface area contributed by atoms with E-state index in [1.165, 1.54) is 6.07 Å². The highest BCUT2D eigenvalue weighted by Gasteiger charge is 2.38. The molecule has 0 radical (unpaired) electrons. The molecule has 0 unspecified atom stereocenters. The SMILES string of the molecule is CC(C)C(=O)N1CC[C@H]2Nc3ccc(F)cc3[C@@H]2C1. The Morgan fingerprint density at radius 3 is 3.00 bits per heavy atom. The fourth-order valence-corrected chi connectivity index (χ4v) is 3.18. The molecule has 2 heterocycles. The molecule has 2 atom stereocenters. The van der Waals surface area contributed by atoms with Crippen molar-refractivity contribution in [3.05, 3.63) is 29.6 Å². The largest absolute Gasteiger partial charge is 0.381 e. The summed E-state index contributed by atoms with van der Waals surface area (Å²) < 4.78 is 13.4. The van der Waals surface area contributed by atoms with Crippen LogP contribution in [0, 0.1) is 11.7 Å². The molecule has 19 heavy (non-hydrogen) atoms. The van der Waals surface area contributed by atoms with Crippen molar-refractivity contribution in [3.63, 3.8) is 0 Å². The number of amides is 1. The first kappa shape index (κ1) is 12.5. The van der Waals surface area contributed by atoms with Crippen molar-refractivity contribution in [1.82, 2.24) is 4.90 Å². The molecule has 1 aromatic rings. The topological polar surface area (TPSA) is 32.3 Å². The van der Waals surface area contributed by atoms with E-state index in [4.69, 9.17) is 0 Å². The summed E-state index contributed by atoms with van der Waals surface area (Å²) in [5, 5.41) is 3.45. The third-order valence-electron chi connectivity index (χ3n) is 4.17. The quantitative estimate of drug-likeness (QED) is 0.843. The summed E-state index contributed by atoms with van der Waals surface area (Å²) in [5.41, 5.74) is 2.04. The summed E-state index contributed by atoms with van der Waals surface area (Å²) in [7, 11) is 0. The van der Waals surface area contributed by atoms with Gasteiger partial charge in [0, 0.05) is 36.7 Å². The normalized spacial score (nSPS) is 24.9. The van der Waals surface area contributed by atoms with Crippen LogP contribution in [0.5, 0.6) is 0 Å². The third kappa shape index (κ3) is 2.09. The number of carbonyl (C=O) groups is 1. The smallest absolute Gasteiger partial charge is 0.225 e. The van der Waals surface area contributed by atoms with E-state index in [0.717, 1.165) is 24.2 Å². The van der Waals surface area contributed by atoms with Crippen LogP contribution in [0.3, 0.4) is 0 Å². The van der Waals surface area contributed by atoms with Crippen molar-refractivity contribution in [2.24, 2.45) is 5.92 Å². The number of hydrogen-bond acceptors (Lipinski definition) is 2. The van der Waals surface area contributed by atoms with E-state index in [9.17, 15) is 9.18 Å². The Morgan fingerprint density at radius 2 is 2.26 bits per heavy atom. The molecule has 0 aliphatic carbocycles. The van der Waals surface area contributed by atoms with Crippen LogP contribution in [0.1, 0.15) is 31.7 Å². The first-order chi connectivity index (χ1) is 9.06. The van der Waals surface area contributed by atoms with Crippen LogP contribution < -0.4 is 5.32 Å². The zero-order chi connectivity index (χ0) is 13.6. The van der Waals surface area contributed by atoms with Crippen molar-refractivity contribution >= 4 is 11.6 Å². The Morgan fingerprint density at radius 1 is 1.47 bits per heavy atom. The van der Waals surface area contributed by atoms with Crippen LogP contribution in [-0.4, -0.2) is 29.9 Å². The summed E-state index contributed by atoms with van der Waals surface area (Å²) in [6, 6.07) is 5.24. The number of benzene rings is 1. The van der Waals surface area contributed by atoms with Crippen LogP contribution in [0.15, 0.2) is 18.2 Å². The predicted octanol–water partition coefficient (Wildman–Crippen LogP) is 2.59. The minimum absolute atomic E-state index is 0.0258. The number of carbonyl (C=O) groups excluding carboxylic acids is 1. The number of rotatable bonds is 1. The number of likely N-dealkylation sites (tertiary alicyclic amines) is 1. The van der Waals surface area contributed by atoms with Crippen molar-refractivity contribution in [3.8, 4) is 0 Å². The lowest BCUT2D eigenvalue weighted by Crippen LogP contribution is -2.46. The van der Waals surface area contributed by atoms with E-state index in [1.807, 2.05) is 18.7 Å². The number of nitrogens with zero attached hydrogens (tertiary/aromatic N) is 1. The minimum Gasteiger partial charge on any atom is -0.381 e. The van der Waals surface area contributed by atoms with Crippen LogP contribution in [-0.2, 0) is 4.79 Å². The fraction of sp³-hybridized carbons (Fsp3) is 0.533. The number of halogens is 1. The lowest BCUT2D eigenvalue weighted by atomic mass is 9.89. The lowest BCUT2D eigenvalue weighted by molar-refractivity contribution is -0.135. The van der Waals surface area contributed by atoms with Gasteiger partial charge in [-0.15, -0.1) is 0 Å². The van der Waals surface area contributed by atoms with E-state index >= 15 is 0 Å². The Labute approximate surface area is 112 Å².